The van der Waals surface area contributed by atoms with Crippen molar-refractivity contribution < 1.29 is 9.53 Å². The van der Waals surface area contributed by atoms with Crippen LogP contribution in [0, 0.1) is 6.92 Å². The number of nitrogens with one attached hydrogen (secondary N) is 1. The maximum atomic E-state index is 12.2. The zero-order valence-electron chi connectivity index (χ0n) is 13.1. The van der Waals surface area contributed by atoms with Gasteiger partial charge in [-0.2, -0.15) is 0 Å². The molecule has 2 heterocycles. The first-order chi connectivity index (χ1) is 11.2. The molecule has 1 N–H and O–H groups in total. The van der Waals surface area contributed by atoms with E-state index in [-0.39, 0.29) is 5.91 Å². The SMILES string of the molecule is Cc1cccc(C(=O)Nc2nnc(CCN3CCOCC3)s2)c1. The molecule has 0 aliphatic carbocycles. The van der Waals surface area contributed by atoms with Gasteiger partial charge in [0.25, 0.3) is 5.91 Å². The fourth-order valence-electron chi connectivity index (χ4n) is 2.44. The summed E-state index contributed by atoms with van der Waals surface area (Å²) < 4.78 is 5.34. The Bertz CT molecular complexity index is 668. The van der Waals surface area contributed by atoms with Gasteiger partial charge >= 0.3 is 0 Å². The number of hydrogen-bond acceptors (Lipinski definition) is 6. The van der Waals surface area contributed by atoms with Gasteiger partial charge in [0.2, 0.25) is 5.13 Å². The third kappa shape index (κ3) is 4.57. The first-order valence-corrected chi connectivity index (χ1v) is 8.53. The van der Waals surface area contributed by atoms with Crippen molar-refractivity contribution in [1.29, 1.82) is 0 Å². The van der Waals surface area contributed by atoms with Crippen LogP contribution in [0.25, 0.3) is 0 Å². The van der Waals surface area contributed by atoms with Crippen molar-refractivity contribution in [2.45, 2.75) is 13.3 Å². The van der Waals surface area contributed by atoms with E-state index in [9.17, 15) is 4.79 Å². The van der Waals surface area contributed by atoms with E-state index in [1.807, 2.05) is 25.1 Å². The number of ether oxygens (including phenoxy) is 1. The molecule has 1 aromatic carbocycles. The van der Waals surface area contributed by atoms with Crippen molar-refractivity contribution >= 4 is 22.4 Å². The highest BCUT2D eigenvalue weighted by atomic mass is 32.1. The number of benzene rings is 1. The first-order valence-electron chi connectivity index (χ1n) is 7.71. The summed E-state index contributed by atoms with van der Waals surface area (Å²) in [5.74, 6) is -0.149. The van der Waals surface area contributed by atoms with E-state index in [0.29, 0.717) is 10.7 Å². The molecule has 122 valence electrons. The smallest absolute Gasteiger partial charge is 0.257 e. The molecule has 23 heavy (non-hydrogen) atoms. The Kier molecular flexibility index (Phi) is 5.32. The number of rotatable bonds is 5. The van der Waals surface area contributed by atoms with E-state index >= 15 is 0 Å². The number of aromatic nitrogens is 2. The Balaban J connectivity index is 1.53. The predicted octanol–water partition coefficient (Wildman–Crippen LogP) is 1.97. The Hall–Kier alpha value is -1.83. The van der Waals surface area contributed by atoms with Gasteiger partial charge in [-0.15, -0.1) is 10.2 Å². The van der Waals surface area contributed by atoms with Crippen LogP contribution in [-0.4, -0.2) is 53.9 Å². The van der Waals surface area contributed by atoms with E-state index in [1.54, 1.807) is 6.07 Å². The van der Waals surface area contributed by atoms with Crippen molar-refractivity contribution in [2.24, 2.45) is 0 Å². The molecule has 1 aliphatic rings. The summed E-state index contributed by atoms with van der Waals surface area (Å²) in [6.07, 6.45) is 0.845. The minimum atomic E-state index is -0.149. The Labute approximate surface area is 139 Å². The summed E-state index contributed by atoms with van der Waals surface area (Å²) in [5.41, 5.74) is 1.69. The normalized spacial score (nSPS) is 15.5. The van der Waals surface area contributed by atoms with Crippen molar-refractivity contribution in [3.8, 4) is 0 Å². The second-order valence-electron chi connectivity index (χ2n) is 5.53. The zero-order valence-corrected chi connectivity index (χ0v) is 13.9. The number of morpholine rings is 1. The minimum Gasteiger partial charge on any atom is -0.379 e. The van der Waals surface area contributed by atoms with Gasteiger partial charge < -0.3 is 4.74 Å². The first kappa shape index (κ1) is 16.0. The van der Waals surface area contributed by atoms with Gasteiger partial charge in [0.15, 0.2) is 0 Å². The highest BCUT2D eigenvalue weighted by Crippen LogP contribution is 2.17. The van der Waals surface area contributed by atoms with Gasteiger partial charge in [-0.1, -0.05) is 29.0 Å². The monoisotopic (exact) mass is 332 g/mol. The van der Waals surface area contributed by atoms with Crippen LogP contribution >= 0.6 is 11.3 Å². The van der Waals surface area contributed by atoms with Crippen LogP contribution in [0.3, 0.4) is 0 Å². The van der Waals surface area contributed by atoms with Crippen LogP contribution in [0.4, 0.5) is 5.13 Å². The molecule has 1 saturated heterocycles. The average molecular weight is 332 g/mol. The lowest BCUT2D eigenvalue weighted by molar-refractivity contribution is 0.0384. The van der Waals surface area contributed by atoms with E-state index in [1.165, 1.54) is 11.3 Å². The van der Waals surface area contributed by atoms with Crippen LogP contribution in [0.5, 0.6) is 0 Å². The molecule has 0 spiro atoms. The molecule has 0 atom stereocenters. The molecule has 0 radical (unpaired) electrons. The van der Waals surface area contributed by atoms with Crippen LogP contribution in [0.2, 0.25) is 0 Å². The number of amides is 1. The number of hydrogen-bond donors (Lipinski definition) is 1. The molecule has 0 bridgehead atoms. The maximum Gasteiger partial charge on any atom is 0.257 e. The minimum absolute atomic E-state index is 0.149. The average Bonchev–Trinajstić information content (AvgIpc) is 3.01. The third-order valence-corrected chi connectivity index (χ3v) is 4.61. The van der Waals surface area contributed by atoms with Crippen LogP contribution in [0.1, 0.15) is 20.9 Å². The zero-order chi connectivity index (χ0) is 16.1. The van der Waals surface area contributed by atoms with Crippen LogP contribution in [-0.2, 0) is 11.2 Å². The molecule has 0 unspecified atom stereocenters. The lowest BCUT2D eigenvalue weighted by Gasteiger charge is -2.25. The van der Waals surface area contributed by atoms with Crippen molar-refractivity contribution in [3.05, 3.63) is 40.4 Å². The Morgan fingerprint density at radius 1 is 1.35 bits per heavy atom. The molecular weight excluding hydrogens is 312 g/mol. The number of carbonyl (C=O) groups excluding carboxylic acids is 1. The molecule has 2 aromatic rings. The molecule has 1 amide bonds. The highest BCUT2D eigenvalue weighted by molar-refractivity contribution is 7.15. The Morgan fingerprint density at radius 2 is 2.17 bits per heavy atom. The van der Waals surface area contributed by atoms with Crippen molar-refractivity contribution in [2.75, 3.05) is 38.2 Å². The maximum absolute atomic E-state index is 12.2. The van der Waals surface area contributed by atoms with Crippen LogP contribution in [0.15, 0.2) is 24.3 Å². The molecule has 3 rings (SSSR count). The summed E-state index contributed by atoms with van der Waals surface area (Å²) in [4.78, 5) is 14.5. The summed E-state index contributed by atoms with van der Waals surface area (Å²) in [6.45, 7) is 6.45. The molecular formula is C16H20N4O2S. The summed E-state index contributed by atoms with van der Waals surface area (Å²) >= 11 is 1.44. The van der Waals surface area contributed by atoms with Crippen molar-refractivity contribution in [1.82, 2.24) is 15.1 Å². The lowest BCUT2D eigenvalue weighted by Crippen LogP contribution is -2.37. The van der Waals surface area contributed by atoms with Gasteiger partial charge in [-0.25, -0.2) is 0 Å². The van der Waals surface area contributed by atoms with Crippen LogP contribution < -0.4 is 5.32 Å². The van der Waals surface area contributed by atoms with E-state index in [0.717, 1.165) is 49.8 Å². The van der Waals surface area contributed by atoms with E-state index < -0.39 is 0 Å². The fraction of sp³-hybridized carbons (Fsp3) is 0.438. The van der Waals surface area contributed by atoms with Crippen molar-refractivity contribution in [3.63, 3.8) is 0 Å². The number of anilines is 1. The van der Waals surface area contributed by atoms with Gasteiger partial charge in [-0.05, 0) is 19.1 Å². The topological polar surface area (TPSA) is 67.4 Å². The summed E-state index contributed by atoms with van der Waals surface area (Å²) in [6, 6.07) is 7.49. The lowest BCUT2D eigenvalue weighted by atomic mass is 10.1. The number of aryl methyl sites for hydroxylation is 1. The molecule has 1 fully saturated rings. The molecule has 6 nitrogen and oxygen atoms in total. The summed E-state index contributed by atoms with van der Waals surface area (Å²) in [5, 5.41) is 12.5. The third-order valence-electron chi connectivity index (χ3n) is 3.71. The summed E-state index contributed by atoms with van der Waals surface area (Å²) in [7, 11) is 0. The molecule has 0 saturated carbocycles. The van der Waals surface area contributed by atoms with Gasteiger partial charge in [-0.3, -0.25) is 15.0 Å². The molecule has 7 heteroatoms. The van der Waals surface area contributed by atoms with E-state index in [2.05, 4.69) is 20.4 Å². The molecule has 1 aliphatic heterocycles. The molecule has 1 aromatic heterocycles. The Morgan fingerprint density at radius 3 is 2.96 bits per heavy atom. The van der Waals surface area contributed by atoms with Gasteiger partial charge in [0, 0.05) is 31.6 Å². The van der Waals surface area contributed by atoms with Gasteiger partial charge in [0.1, 0.15) is 5.01 Å². The standard InChI is InChI=1S/C16H20N4O2S/c1-12-3-2-4-13(11-12)15(21)17-16-19-18-14(23-16)5-6-20-7-9-22-10-8-20/h2-4,11H,5-10H2,1H3,(H,17,19,21). The number of nitrogens with zero attached hydrogens (tertiary/aromatic N) is 3. The second-order valence-corrected chi connectivity index (χ2v) is 6.59. The number of carbonyl (C=O) groups is 1. The quantitative estimate of drug-likeness (QED) is 0.907. The second kappa shape index (κ2) is 7.63. The predicted molar refractivity (Wildman–Crippen MR) is 90.0 cm³/mol. The highest BCUT2D eigenvalue weighted by Gasteiger charge is 2.13. The van der Waals surface area contributed by atoms with Gasteiger partial charge in [0.05, 0.1) is 13.2 Å². The van der Waals surface area contributed by atoms with E-state index in [4.69, 9.17) is 4.74 Å². The fourth-order valence-corrected chi connectivity index (χ4v) is 3.16. The largest absolute Gasteiger partial charge is 0.379 e.